The smallest absolute Gasteiger partial charge is 0.123 e. The van der Waals surface area contributed by atoms with Crippen LogP contribution in [0.25, 0.3) is 0 Å². The van der Waals surface area contributed by atoms with E-state index in [1.54, 1.807) is 11.3 Å². The number of nitrogens with one attached hydrogen (secondary N) is 1. The van der Waals surface area contributed by atoms with E-state index in [1.807, 2.05) is 6.07 Å². The number of hydrogen-bond acceptors (Lipinski definition) is 4. The van der Waals surface area contributed by atoms with Crippen LogP contribution in [0.5, 0.6) is 5.75 Å². The Morgan fingerprint density at radius 1 is 1.20 bits per heavy atom. The average molecular weight is 288 g/mol. The van der Waals surface area contributed by atoms with Gasteiger partial charge in [0, 0.05) is 43.2 Å². The fraction of sp³-hybridized carbons (Fsp3) is 0.375. The predicted molar refractivity (Wildman–Crippen MR) is 83.2 cm³/mol. The highest BCUT2D eigenvalue weighted by Crippen LogP contribution is 2.21. The Morgan fingerprint density at radius 2 is 2.15 bits per heavy atom. The minimum atomic E-state index is 0.780. The van der Waals surface area contributed by atoms with Gasteiger partial charge in [-0.2, -0.15) is 0 Å². The highest BCUT2D eigenvalue weighted by Gasteiger charge is 2.13. The van der Waals surface area contributed by atoms with Crippen molar-refractivity contribution < 1.29 is 4.74 Å². The maximum absolute atomic E-state index is 5.78. The summed E-state index contributed by atoms with van der Waals surface area (Å²) in [4.78, 5) is 3.85. The van der Waals surface area contributed by atoms with E-state index in [-0.39, 0.29) is 0 Å². The van der Waals surface area contributed by atoms with Crippen molar-refractivity contribution in [2.75, 3.05) is 26.2 Å². The second kappa shape index (κ2) is 6.88. The molecule has 0 radical (unpaired) electrons. The quantitative estimate of drug-likeness (QED) is 0.856. The molecule has 0 aliphatic carbocycles. The molecule has 1 N–H and O–H groups in total. The van der Waals surface area contributed by atoms with Gasteiger partial charge in [-0.1, -0.05) is 24.3 Å². The molecule has 1 aliphatic rings. The monoisotopic (exact) mass is 288 g/mol. The van der Waals surface area contributed by atoms with Crippen molar-refractivity contribution in [1.82, 2.24) is 10.2 Å². The summed E-state index contributed by atoms with van der Waals surface area (Å²) in [5.74, 6) is 1.04. The Bertz CT molecular complexity index is 527. The maximum atomic E-state index is 5.78. The Labute approximate surface area is 124 Å². The summed E-state index contributed by atoms with van der Waals surface area (Å²) in [5.41, 5.74) is 1.29. The first-order chi connectivity index (χ1) is 9.92. The molecule has 1 aliphatic heterocycles. The molecule has 2 heterocycles. The normalized spacial score (nSPS) is 15.4. The minimum absolute atomic E-state index is 0.780. The molecule has 20 heavy (non-hydrogen) atoms. The number of thiophene rings is 1. The average Bonchev–Trinajstić information content (AvgIpc) is 2.89. The van der Waals surface area contributed by atoms with E-state index in [4.69, 9.17) is 4.74 Å². The molecule has 0 saturated carbocycles. The third-order valence-corrected chi connectivity index (χ3v) is 4.39. The summed E-state index contributed by atoms with van der Waals surface area (Å²) >= 11 is 1.81. The Balaban J connectivity index is 1.46. The molecular formula is C16H20N2OS. The van der Waals surface area contributed by atoms with Gasteiger partial charge in [0.05, 0.1) is 0 Å². The minimum Gasteiger partial charge on any atom is -0.492 e. The van der Waals surface area contributed by atoms with Crippen LogP contribution in [0.4, 0.5) is 0 Å². The second-order valence-electron chi connectivity index (χ2n) is 4.99. The van der Waals surface area contributed by atoms with E-state index in [0.717, 1.165) is 45.1 Å². The zero-order valence-corrected chi connectivity index (χ0v) is 12.4. The summed E-state index contributed by atoms with van der Waals surface area (Å²) in [5, 5.41) is 5.63. The summed E-state index contributed by atoms with van der Waals surface area (Å²) in [6.07, 6.45) is 0. The lowest BCUT2D eigenvalue weighted by atomic mass is 10.2. The lowest BCUT2D eigenvalue weighted by Crippen LogP contribution is -2.33. The van der Waals surface area contributed by atoms with Gasteiger partial charge in [0.15, 0.2) is 0 Å². The predicted octanol–water partition coefficient (Wildman–Crippen LogP) is 2.73. The zero-order valence-electron chi connectivity index (χ0n) is 11.5. The third kappa shape index (κ3) is 3.60. The van der Waals surface area contributed by atoms with E-state index in [0.29, 0.717) is 0 Å². The molecule has 3 nitrogen and oxygen atoms in total. The van der Waals surface area contributed by atoms with E-state index >= 15 is 0 Å². The first-order valence-corrected chi connectivity index (χ1v) is 7.96. The van der Waals surface area contributed by atoms with Gasteiger partial charge in [-0.3, -0.25) is 4.90 Å². The number of hydrogen-bond donors (Lipinski definition) is 1. The summed E-state index contributed by atoms with van der Waals surface area (Å²) < 4.78 is 5.78. The van der Waals surface area contributed by atoms with Crippen LogP contribution in [0.3, 0.4) is 0 Å². The van der Waals surface area contributed by atoms with Crippen molar-refractivity contribution in [2.24, 2.45) is 0 Å². The van der Waals surface area contributed by atoms with Gasteiger partial charge in [-0.15, -0.1) is 11.3 Å². The maximum Gasteiger partial charge on any atom is 0.123 e. The van der Waals surface area contributed by atoms with Crippen LogP contribution in [-0.4, -0.2) is 31.1 Å². The van der Waals surface area contributed by atoms with Crippen LogP contribution in [0.15, 0.2) is 41.8 Å². The van der Waals surface area contributed by atoms with Crippen molar-refractivity contribution >= 4 is 11.3 Å². The lowest BCUT2D eigenvalue weighted by molar-refractivity contribution is 0.226. The van der Waals surface area contributed by atoms with E-state index in [2.05, 4.69) is 45.9 Å². The Morgan fingerprint density at radius 3 is 3.05 bits per heavy atom. The molecule has 0 amide bonds. The molecular weight excluding hydrogens is 268 g/mol. The van der Waals surface area contributed by atoms with Gasteiger partial charge < -0.3 is 10.1 Å². The Kier molecular flexibility index (Phi) is 4.69. The third-order valence-electron chi connectivity index (χ3n) is 3.52. The van der Waals surface area contributed by atoms with E-state index in [1.165, 1.54) is 10.4 Å². The van der Waals surface area contributed by atoms with Crippen molar-refractivity contribution in [1.29, 1.82) is 0 Å². The van der Waals surface area contributed by atoms with Crippen LogP contribution in [-0.2, 0) is 13.1 Å². The highest BCUT2D eigenvalue weighted by molar-refractivity contribution is 7.09. The van der Waals surface area contributed by atoms with Crippen molar-refractivity contribution in [3.05, 3.63) is 52.2 Å². The Hall–Kier alpha value is -1.36. The number of ether oxygens (including phenoxy) is 1. The lowest BCUT2D eigenvalue weighted by Gasteiger charge is -2.19. The molecule has 4 heteroatoms. The fourth-order valence-corrected chi connectivity index (χ4v) is 3.11. The number of benzene rings is 1. The molecule has 0 unspecified atom stereocenters. The van der Waals surface area contributed by atoms with Gasteiger partial charge in [-0.05, 0) is 17.5 Å². The topological polar surface area (TPSA) is 24.5 Å². The van der Waals surface area contributed by atoms with Crippen LogP contribution in [0, 0.1) is 0 Å². The summed E-state index contributed by atoms with van der Waals surface area (Å²) in [6, 6.07) is 12.6. The highest BCUT2D eigenvalue weighted by atomic mass is 32.1. The molecule has 2 aromatic rings. The van der Waals surface area contributed by atoms with Gasteiger partial charge in [0.1, 0.15) is 12.4 Å². The summed E-state index contributed by atoms with van der Waals surface area (Å²) in [7, 11) is 0. The number of nitrogens with zero attached hydrogens (tertiary/aromatic N) is 1. The van der Waals surface area contributed by atoms with Crippen LogP contribution in [0.1, 0.15) is 10.4 Å². The molecule has 0 spiro atoms. The SMILES string of the molecule is c1csc(CNCCN2CCOc3ccccc3C2)c1. The van der Waals surface area contributed by atoms with Crippen molar-refractivity contribution in [2.45, 2.75) is 13.1 Å². The van der Waals surface area contributed by atoms with Gasteiger partial charge in [0.25, 0.3) is 0 Å². The molecule has 106 valence electrons. The van der Waals surface area contributed by atoms with Crippen LogP contribution in [0.2, 0.25) is 0 Å². The number of para-hydroxylation sites is 1. The van der Waals surface area contributed by atoms with Crippen molar-refractivity contribution in [3.63, 3.8) is 0 Å². The second-order valence-corrected chi connectivity index (χ2v) is 6.02. The first-order valence-electron chi connectivity index (χ1n) is 7.08. The molecule has 1 aromatic carbocycles. The van der Waals surface area contributed by atoms with Gasteiger partial charge in [0.2, 0.25) is 0 Å². The standard InChI is InChI=1S/C16H20N2OS/c1-2-6-16-14(4-1)13-18(9-10-19-16)8-7-17-12-15-5-3-11-20-15/h1-6,11,17H,7-10,12-13H2. The number of rotatable bonds is 5. The van der Waals surface area contributed by atoms with Crippen molar-refractivity contribution in [3.8, 4) is 5.75 Å². The summed E-state index contributed by atoms with van der Waals surface area (Å²) in [6.45, 7) is 5.80. The zero-order chi connectivity index (χ0) is 13.6. The number of fused-ring (bicyclic) bond motifs is 1. The molecule has 0 bridgehead atoms. The van der Waals surface area contributed by atoms with E-state index < -0.39 is 0 Å². The van der Waals surface area contributed by atoms with Gasteiger partial charge in [-0.25, -0.2) is 0 Å². The molecule has 0 atom stereocenters. The fourth-order valence-electron chi connectivity index (χ4n) is 2.43. The van der Waals surface area contributed by atoms with Gasteiger partial charge >= 0.3 is 0 Å². The van der Waals surface area contributed by atoms with Crippen LogP contribution >= 0.6 is 11.3 Å². The van der Waals surface area contributed by atoms with E-state index in [9.17, 15) is 0 Å². The molecule has 1 aromatic heterocycles. The molecule has 0 fully saturated rings. The first kappa shape index (κ1) is 13.6. The largest absolute Gasteiger partial charge is 0.492 e. The molecule has 0 saturated heterocycles. The van der Waals surface area contributed by atoms with Crippen LogP contribution < -0.4 is 10.1 Å². The molecule has 3 rings (SSSR count).